The smallest absolute Gasteiger partial charge is 0.410 e. The van der Waals surface area contributed by atoms with Crippen LogP contribution >= 0.6 is 0 Å². The van der Waals surface area contributed by atoms with Crippen molar-refractivity contribution >= 4 is 18.0 Å². The van der Waals surface area contributed by atoms with Crippen LogP contribution in [-0.2, 0) is 23.8 Å². The number of esters is 2. The van der Waals surface area contributed by atoms with Gasteiger partial charge in [0, 0.05) is 18.4 Å². The first-order valence-corrected chi connectivity index (χ1v) is 8.98. The van der Waals surface area contributed by atoms with Crippen LogP contribution in [0.15, 0.2) is 0 Å². The maximum Gasteiger partial charge on any atom is 0.410 e. The van der Waals surface area contributed by atoms with Crippen molar-refractivity contribution in [2.45, 2.75) is 65.8 Å². The first-order valence-electron chi connectivity index (χ1n) is 8.98. The Morgan fingerprint density at radius 2 is 1.62 bits per heavy atom. The fourth-order valence-electron chi connectivity index (χ4n) is 3.05. The normalized spacial score (nSPS) is 21.5. The van der Waals surface area contributed by atoms with E-state index in [1.165, 1.54) is 4.90 Å². The van der Waals surface area contributed by atoms with Gasteiger partial charge in [0.15, 0.2) is 5.92 Å². The minimum atomic E-state index is -1.25. The summed E-state index contributed by atoms with van der Waals surface area (Å²) in [6.45, 7) is 10.1. The molecular formula is C18H30FNO6. The molecule has 0 bridgehead atoms. The van der Waals surface area contributed by atoms with Gasteiger partial charge in [0.2, 0.25) is 0 Å². The van der Waals surface area contributed by atoms with Crippen molar-refractivity contribution in [2.24, 2.45) is 11.8 Å². The second-order valence-corrected chi connectivity index (χ2v) is 7.37. The molecule has 26 heavy (non-hydrogen) atoms. The van der Waals surface area contributed by atoms with Gasteiger partial charge in [0.05, 0.1) is 19.8 Å². The minimum Gasteiger partial charge on any atom is -0.465 e. The molecule has 0 N–H and O–H groups in total. The van der Waals surface area contributed by atoms with E-state index in [9.17, 15) is 18.8 Å². The molecule has 1 heterocycles. The Hall–Kier alpha value is -1.86. The maximum absolute atomic E-state index is 14.1. The predicted molar refractivity (Wildman–Crippen MR) is 92.2 cm³/mol. The lowest BCUT2D eigenvalue weighted by molar-refractivity contribution is -0.165. The lowest BCUT2D eigenvalue weighted by Gasteiger charge is -2.33. The van der Waals surface area contributed by atoms with Crippen molar-refractivity contribution in [1.29, 1.82) is 0 Å². The van der Waals surface area contributed by atoms with Crippen molar-refractivity contribution in [1.82, 2.24) is 4.90 Å². The van der Waals surface area contributed by atoms with Gasteiger partial charge >= 0.3 is 18.0 Å². The molecule has 1 saturated heterocycles. The van der Waals surface area contributed by atoms with Crippen molar-refractivity contribution in [3.8, 4) is 0 Å². The van der Waals surface area contributed by atoms with E-state index in [1.807, 2.05) is 0 Å². The van der Waals surface area contributed by atoms with Gasteiger partial charge in [-0.25, -0.2) is 9.18 Å². The molecule has 0 spiro atoms. The number of rotatable bonds is 6. The molecule has 0 aromatic carbocycles. The minimum absolute atomic E-state index is 0.0235. The number of alkyl halides is 1. The Bertz CT molecular complexity index is 500. The average Bonchev–Trinajstić information content (AvgIpc) is 2.88. The number of ether oxygens (including phenoxy) is 3. The van der Waals surface area contributed by atoms with Gasteiger partial charge in [0.25, 0.3) is 0 Å². The van der Waals surface area contributed by atoms with Crippen LogP contribution in [-0.4, -0.2) is 60.5 Å². The van der Waals surface area contributed by atoms with E-state index in [0.29, 0.717) is 0 Å². The number of hydrogen-bond acceptors (Lipinski definition) is 6. The van der Waals surface area contributed by atoms with E-state index in [4.69, 9.17) is 14.2 Å². The van der Waals surface area contributed by atoms with Crippen LogP contribution in [0.1, 0.15) is 48.0 Å². The average molecular weight is 375 g/mol. The number of nitrogens with zero attached hydrogens (tertiary/aromatic N) is 1. The van der Waals surface area contributed by atoms with Gasteiger partial charge in [-0.1, -0.05) is 6.92 Å². The van der Waals surface area contributed by atoms with Crippen molar-refractivity contribution in [3.63, 3.8) is 0 Å². The number of carbonyl (C=O) groups excluding carboxylic acids is 3. The summed E-state index contributed by atoms with van der Waals surface area (Å²) < 4.78 is 29.4. The van der Waals surface area contributed by atoms with Crippen LogP contribution < -0.4 is 0 Å². The standard InChI is InChI=1S/C18H30FNO6/c1-7-24-15(21)14(16(22)25-8-2)11(3)13-9-12(19)10-20(13)17(23)26-18(4,5)6/h11-14H,7-10H2,1-6H3/t11?,12-,13?/m0/s1. The lowest BCUT2D eigenvalue weighted by Crippen LogP contribution is -2.47. The Balaban J connectivity index is 3.05. The van der Waals surface area contributed by atoms with Crippen molar-refractivity contribution in [2.75, 3.05) is 19.8 Å². The van der Waals surface area contributed by atoms with E-state index >= 15 is 0 Å². The summed E-state index contributed by atoms with van der Waals surface area (Å²) in [6.07, 6.45) is -1.89. The second kappa shape index (κ2) is 9.19. The fourth-order valence-corrected chi connectivity index (χ4v) is 3.05. The van der Waals surface area contributed by atoms with Gasteiger partial charge in [-0.05, 0) is 34.6 Å². The van der Waals surface area contributed by atoms with Gasteiger partial charge in [-0.2, -0.15) is 0 Å². The molecule has 1 fully saturated rings. The largest absolute Gasteiger partial charge is 0.465 e. The van der Waals surface area contributed by atoms with Crippen LogP contribution in [0, 0.1) is 11.8 Å². The molecule has 1 aliphatic heterocycles. The first-order chi connectivity index (χ1) is 12.0. The van der Waals surface area contributed by atoms with Crippen molar-refractivity contribution < 1.29 is 33.0 Å². The summed E-state index contributed by atoms with van der Waals surface area (Å²) in [5, 5.41) is 0. The lowest BCUT2D eigenvalue weighted by atomic mass is 9.86. The Morgan fingerprint density at radius 3 is 2.04 bits per heavy atom. The zero-order valence-electron chi connectivity index (χ0n) is 16.4. The second-order valence-electron chi connectivity index (χ2n) is 7.37. The van der Waals surface area contributed by atoms with E-state index in [1.54, 1.807) is 41.5 Å². The molecule has 1 aliphatic rings. The van der Waals surface area contributed by atoms with Gasteiger partial charge in [-0.15, -0.1) is 0 Å². The summed E-state index contributed by atoms with van der Waals surface area (Å²) in [7, 11) is 0. The van der Waals surface area contributed by atoms with E-state index in [-0.39, 0.29) is 26.2 Å². The number of likely N-dealkylation sites (tertiary alicyclic amines) is 1. The number of amides is 1. The van der Waals surface area contributed by atoms with Crippen LogP contribution in [0.3, 0.4) is 0 Å². The van der Waals surface area contributed by atoms with Crippen molar-refractivity contribution in [3.05, 3.63) is 0 Å². The highest BCUT2D eigenvalue weighted by Crippen LogP contribution is 2.33. The summed E-state index contributed by atoms with van der Waals surface area (Å²) in [4.78, 5) is 38.3. The third-order valence-electron chi connectivity index (χ3n) is 4.13. The van der Waals surface area contributed by atoms with Crippen LogP contribution in [0.25, 0.3) is 0 Å². The molecule has 2 unspecified atom stereocenters. The van der Waals surface area contributed by atoms with E-state index < -0.39 is 47.7 Å². The molecule has 1 amide bonds. The summed E-state index contributed by atoms with van der Waals surface area (Å²) in [5.74, 6) is -3.37. The SMILES string of the molecule is CCOC(=O)C(C(=O)OCC)C(C)C1C[C@H](F)CN1C(=O)OC(C)(C)C. The molecular weight excluding hydrogens is 345 g/mol. The highest BCUT2D eigenvalue weighted by atomic mass is 19.1. The van der Waals surface area contributed by atoms with Crippen LogP contribution in [0.5, 0.6) is 0 Å². The molecule has 0 aliphatic carbocycles. The Kier molecular flexibility index (Phi) is 7.84. The van der Waals surface area contributed by atoms with E-state index in [2.05, 4.69) is 0 Å². The van der Waals surface area contributed by atoms with Gasteiger partial charge in [-0.3, -0.25) is 9.59 Å². The number of hydrogen-bond donors (Lipinski definition) is 0. The molecule has 1 rings (SSSR count). The summed E-state index contributed by atoms with van der Waals surface area (Å²) in [5.41, 5.74) is -0.735. The fraction of sp³-hybridized carbons (Fsp3) is 0.833. The zero-order valence-corrected chi connectivity index (χ0v) is 16.4. The Morgan fingerprint density at radius 1 is 1.12 bits per heavy atom. The number of carbonyl (C=O) groups is 3. The van der Waals surface area contributed by atoms with Crippen LogP contribution in [0.2, 0.25) is 0 Å². The monoisotopic (exact) mass is 375 g/mol. The highest BCUT2D eigenvalue weighted by molar-refractivity contribution is 5.95. The summed E-state index contributed by atoms with van der Waals surface area (Å²) in [6, 6.07) is -0.668. The third kappa shape index (κ3) is 5.85. The zero-order chi connectivity index (χ0) is 20.1. The molecule has 7 nitrogen and oxygen atoms in total. The molecule has 3 atom stereocenters. The molecule has 8 heteroatoms. The Labute approximate surface area is 154 Å². The quantitative estimate of drug-likeness (QED) is 0.403. The molecule has 0 aromatic heterocycles. The topological polar surface area (TPSA) is 82.1 Å². The van der Waals surface area contributed by atoms with Crippen LogP contribution in [0.4, 0.5) is 9.18 Å². The molecule has 150 valence electrons. The van der Waals surface area contributed by atoms with E-state index in [0.717, 1.165) is 0 Å². The summed E-state index contributed by atoms with van der Waals surface area (Å²) >= 11 is 0. The number of halogens is 1. The third-order valence-corrected chi connectivity index (χ3v) is 4.13. The molecule has 0 radical (unpaired) electrons. The highest BCUT2D eigenvalue weighted by Gasteiger charge is 2.47. The van der Waals surface area contributed by atoms with Gasteiger partial charge < -0.3 is 19.1 Å². The molecule has 0 saturated carbocycles. The molecule has 0 aromatic rings. The predicted octanol–water partition coefficient (Wildman–Crippen LogP) is 2.71. The maximum atomic E-state index is 14.1. The van der Waals surface area contributed by atoms with Gasteiger partial charge in [0.1, 0.15) is 11.8 Å². The first kappa shape index (κ1) is 22.2.